The molecule has 1 saturated heterocycles. The zero-order valence-corrected chi connectivity index (χ0v) is 13.3. The number of amides is 2. The molecule has 2 N–H and O–H groups in total. The van der Waals surface area contributed by atoms with Gasteiger partial charge in [-0.25, -0.2) is 4.39 Å². The molecule has 1 aliphatic rings. The number of hydrogen-bond donors (Lipinski definition) is 2. The molecule has 1 aliphatic heterocycles. The van der Waals surface area contributed by atoms with Gasteiger partial charge in [-0.1, -0.05) is 12.1 Å². The van der Waals surface area contributed by atoms with Crippen molar-refractivity contribution in [2.75, 3.05) is 19.6 Å². The summed E-state index contributed by atoms with van der Waals surface area (Å²) in [6.07, 6.45) is 2.63. The van der Waals surface area contributed by atoms with E-state index in [1.165, 1.54) is 12.1 Å². The first-order valence-electron chi connectivity index (χ1n) is 8.05. The highest BCUT2D eigenvalue weighted by Gasteiger charge is 2.30. The van der Waals surface area contributed by atoms with Gasteiger partial charge in [-0.2, -0.15) is 0 Å². The summed E-state index contributed by atoms with van der Waals surface area (Å²) in [7, 11) is 0. The van der Waals surface area contributed by atoms with E-state index in [0.29, 0.717) is 44.1 Å². The van der Waals surface area contributed by atoms with E-state index in [1.807, 2.05) is 6.07 Å². The molecular formula is C18H20FN3O2. The third kappa shape index (κ3) is 4.01. The molecular weight excluding hydrogens is 309 g/mol. The molecule has 1 fully saturated rings. The molecule has 0 aliphatic carbocycles. The highest BCUT2D eigenvalue weighted by molar-refractivity contribution is 5.92. The molecule has 2 heterocycles. The molecule has 0 spiro atoms. The van der Waals surface area contributed by atoms with Crippen molar-refractivity contribution in [1.82, 2.24) is 15.2 Å². The van der Waals surface area contributed by atoms with E-state index in [4.69, 9.17) is 0 Å². The van der Waals surface area contributed by atoms with Crippen LogP contribution in [0.25, 0.3) is 0 Å². The Morgan fingerprint density at radius 1 is 1.25 bits per heavy atom. The number of benzene rings is 1. The second-order valence-electron chi connectivity index (χ2n) is 6.09. The van der Waals surface area contributed by atoms with Gasteiger partial charge < -0.3 is 15.2 Å². The molecule has 2 aromatic rings. The number of aryl methyl sites for hydroxylation is 1. The van der Waals surface area contributed by atoms with Crippen LogP contribution >= 0.6 is 0 Å². The number of aromatic nitrogens is 1. The normalized spacial score (nSPS) is 14.3. The summed E-state index contributed by atoms with van der Waals surface area (Å²) in [6.45, 7) is 1.88. The molecule has 0 atom stereocenters. The lowest BCUT2D eigenvalue weighted by atomic mass is 9.98. The number of nitrogens with zero attached hydrogens (tertiary/aromatic N) is 1. The average Bonchev–Trinajstić information content (AvgIpc) is 3.05. The van der Waals surface area contributed by atoms with Crippen molar-refractivity contribution < 1.29 is 14.0 Å². The summed E-state index contributed by atoms with van der Waals surface area (Å²) in [6, 6.07) is 9.83. The van der Waals surface area contributed by atoms with Crippen LogP contribution in [0.1, 0.15) is 22.5 Å². The smallest absolute Gasteiger partial charge is 0.267 e. The predicted molar refractivity (Wildman–Crippen MR) is 87.9 cm³/mol. The van der Waals surface area contributed by atoms with E-state index in [-0.39, 0.29) is 17.6 Å². The maximum absolute atomic E-state index is 13.1. The Kier molecular flexibility index (Phi) is 4.93. The Morgan fingerprint density at radius 3 is 2.79 bits per heavy atom. The standard InChI is InChI=1S/C18H20FN3O2/c19-15-4-1-3-13(9-15)6-7-17(23)22-11-14(12-22)10-21-18(24)16-5-2-8-20-16/h1-5,8-9,14,20H,6-7,10-12H2,(H,21,24). The highest BCUT2D eigenvalue weighted by atomic mass is 19.1. The fourth-order valence-electron chi connectivity index (χ4n) is 2.81. The summed E-state index contributed by atoms with van der Waals surface area (Å²) in [4.78, 5) is 28.5. The SMILES string of the molecule is O=C(NCC1CN(C(=O)CCc2cccc(F)c2)C1)c1ccc[nH]1. The van der Waals surface area contributed by atoms with Crippen molar-refractivity contribution in [3.05, 3.63) is 59.7 Å². The maximum Gasteiger partial charge on any atom is 0.267 e. The van der Waals surface area contributed by atoms with E-state index < -0.39 is 0 Å². The predicted octanol–water partition coefficient (Wildman–Crippen LogP) is 1.97. The van der Waals surface area contributed by atoms with E-state index in [1.54, 1.807) is 29.3 Å². The molecule has 126 valence electrons. The number of H-pyrrole nitrogens is 1. The summed E-state index contributed by atoms with van der Waals surface area (Å²) >= 11 is 0. The van der Waals surface area contributed by atoms with E-state index >= 15 is 0 Å². The number of aromatic amines is 1. The van der Waals surface area contributed by atoms with Crippen molar-refractivity contribution in [2.45, 2.75) is 12.8 Å². The van der Waals surface area contributed by atoms with E-state index in [9.17, 15) is 14.0 Å². The van der Waals surface area contributed by atoms with Gasteiger partial charge >= 0.3 is 0 Å². The first-order valence-corrected chi connectivity index (χ1v) is 8.05. The Balaban J connectivity index is 1.35. The van der Waals surface area contributed by atoms with Crippen molar-refractivity contribution in [2.24, 2.45) is 5.92 Å². The second-order valence-corrected chi connectivity index (χ2v) is 6.09. The van der Waals surface area contributed by atoms with E-state index in [0.717, 1.165) is 5.56 Å². The topological polar surface area (TPSA) is 65.2 Å². The van der Waals surface area contributed by atoms with Gasteiger partial charge in [0.25, 0.3) is 5.91 Å². The average molecular weight is 329 g/mol. The Hall–Kier alpha value is -2.63. The third-order valence-electron chi connectivity index (χ3n) is 4.22. The number of rotatable bonds is 6. The summed E-state index contributed by atoms with van der Waals surface area (Å²) in [5.41, 5.74) is 1.37. The third-order valence-corrected chi connectivity index (χ3v) is 4.22. The van der Waals surface area contributed by atoms with Gasteiger partial charge in [0.05, 0.1) is 0 Å². The molecule has 0 radical (unpaired) electrons. The summed E-state index contributed by atoms with van der Waals surface area (Å²) < 4.78 is 13.1. The van der Waals surface area contributed by atoms with Crippen molar-refractivity contribution >= 4 is 11.8 Å². The first kappa shape index (κ1) is 16.2. The Morgan fingerprint density at radius 2 is 2.08 bits per heavy atom. The van der Waals surface area contributed by atoms with Gasteiger partial charge in [0.2, 0.25) is 5.91 Å². The monoisotopic (exact) mass is 329 g/mol. The first-order chi connectivity index (χ1) is 11.6. The molecule has 0 bridgehead atoms. The van der Waals surface area contributed by atoms with Gasteiger partial charge in [-0.3, -0.25) is 9.59 Å². The number of likely N-dealkylation sites (tertiary alicyclic amines) is 1. The Labute approximate surface area is 139 Å². The number of carbonyl (C=O) groups is 2. The lowest BCUT2D eigenvalue weighted by Crippen LogP contribution is -2.53. The molecule has 2 amide bonds. The van der Waals surface area contributed by atoms with Crippen LogP contribution in [0.15, 0.2) is 42.6 Å². The van der Waals surface area contributed by atoms with Crippen LogP contribution < -0.4 is 5.32 Å². The fraction of sp³-hybridized carbons (Fsp3) is 0.333. The number of nitrogens with one attached hydrogen (secondary N) is 2. The van der Waals surface area contributed by atoms with Crippen molar-refractivity contribution in [3.8, 4) is 0 Å². The largest absolute Gasteiger partial charge is 0.357 e. The van der Waals surface area contributed by atoms with Crippen molar-refractivity contribution in [3.63, 3.8) is 0 Å². The van der Waals surface area contributed by atoms with Gasteiger partial charge in [0.15, 0.2) is 0 Å². The highest BCUT2D eigenvalue weighted by Crippen LogP contribution is 2.17. The van der Waals surface area contributed by atoms with Gasteiger partial charge in [-0.05, 0) is 36.2 Å². The minimum atomic E-state index is -0.276. The van der Waals surface area contributed by atoms with Crippen LogP contribution in [0.4, 0.5) is 4.39 Å². The van der Waals surface area contributed by atoms with E-state index in [2.05, 4.69) is 10.3 Å². The van der Waals surface area contributed by atoms with Crippen LogP contribution in [-0.4, -0.2) is 41.3 Å². The number of carbonyl (C=O) groups excluding carboxylic acids is 2. The summed E-state index contributed by atoms with van der Waals surface area (Å²) in [5.74, 6) is -0.0362. The van der Waals surface area contributed by atoms with Crippen LogP contribution in [0.2, 0.25) is 0 Å². The van der Waals surface area contributed by atoms with Crippen LogP contribution in [0.3, 0.4) is 0 Å². The lowest BCUT2D eigenvalue weighted by molar-refractivity contribution is -0.137. The fourth-order valence-corrected chi connectivity index (χ4v) is 2.81. The molecule has 24 heavy (non-hydrogen) atoms. The zero-order valence-electron chi connectivity index (χ0n) is 13.3. The second kappa shape index (κ2) is 7.29. The molecule has 0 unspecified atom stereocenters. The molecule has 1 aromatic carbocycles. The number of halogens is 1. The Bertz CT molecular complexity index is 709. The molecule has 1 aromatic heterocycles. The quantitative estimate of drug-likeness (QED) is 0.851. The lowest BCUT2D eigenvalue weighted by Gasteiger charge is -2.39. The van der Waals surface area contributed by atoms with Crippen LogP contribution in [0.5, 0.6) is 0 Å². The maximum atomic E-state index is 13.1. The van der Waals surface area contributed by atoms with Crippen molar-refractivity contribution in [1.29, 1.82) is 0 Å². The summed E-state index contributed by atoms with van der Waals surface area (Å²) in [5, 5.41) is 2.86. The molecule has 3 rings (SSSR count). The van der Waals surface area contributed by atoms with Gasteiger partial charge in [0, 0.05) is 38.2 Å². The molecule has 5 nitrogen and oxygen atoms in total. The van der Waals surface area contributed by atoms with Crippen LogP contribution in [0, 0.1) is 11.7 Å². The molecule has 6 heteroatoms. The van der Waals surface area contributed by atoms with Gasteiger partial charge in [0.1, 0.15) is 11.5 Å². The van der Waals surface area contributed by atoms with Gasteiger partial charge in [-0.15, -0.1) is 0 Å². The molecule has 0 saturated carbocycles. The minimum absolute atomic E-state index is 0.0752. The minimum Gasteiger partial charge on any atom is -0.357 e. The zero-order chi connectivity index (χ0) is 16.9. The number of hydrogen-bond acceptors (Lipinski definition) is 2. The van der Waals surface area contributed by atoms with Crippen LogP contribution in [-0.2, 0) is 11.2 Å².